The van der Waals surface area contributed by atoms with Crippen LogP contribution >= 0.6 is 0 Å². The normalized spacial score (nSPS) is 7.19. The maximum atomic E-state index is 10.2. The molecule has 0 radical (unpaired) electrons. The minimum absolute atomic E-state index is 0. The predicted octanol–water partition coefficient (Wildman–Crippen LogP) is -2.34. The molecule has 0 atom stereocenters. The first kappa shape index (κ1) is 34.4. The topological polar surface area (TPSA) is 284 Å². The van der Waals surface area contributed by atoms with Gasteiger partial charge < -0.3 is 43.8 Å². The van der Waals surface area contributed by atoms with E-state index < -0.39 is 11.9 Å². The molecule has 0 fully saturated rings. The van der Waals surface area contributed by atoms with Gasteiger partial charge in [0.05, 0.1) is 0 Å². The van der Waals surface area contributed by atoms with Crippen molar-refractivity contribution in [3.63, 3.8) is 0 Å². The van der Waals surface area contributed by atoms with Crippen LogP contribution in [0.5, 0.6) is 11.5 Å². The van der Waals surface area contributed by atoms with Gasteiger partial charge >= 0.3 is 33.0 Å². The molecule has 2 heterocycles. The number of hydrogen-bond acceptors (Lipinski definition) is 7. The first-order valence-corrected chi connectivity index (χ1v) is 5.93. The summed E-state index contributed by atoms with van der Waals surface area (Å²) in [6.07, 6.45) is 2.62. The number of carboxylic acids is 2. The number of aromatic carboxylic acids is 2. The Morgan fingerprint density at radius 3 is 1.19 bits per heavy atom. The second-order valence-corrected chi connectivity index (χ2v) is 3.35. The van der Waals surface area contributed by atoms with E-state index in [2.05, 4.69) is 9.97 Å². The molecule has 0 saturated heterocycles. The van der Waals surface area contributed by atoms with Crippen molar-refractivity contribution in [2.75, 3.05) is 0 Å². The molecule has 0 aliphatic heterocycles. The molecule has 2 aromatic rings. The van der Waals surface area contributed by atoms with Gasteiger partial charge in [0.2, 0.25) is 0 Å². The van der Waals surface area contributed by atoms with Crippen molar-refractivity contribution in [3.05, 3.63) is 48.0 Å². The van der Waals surface area contributed by atoms with Gasteiger partial charge in [-0.2, -0.15) is 0 Å². The molecule has 12 N–H and O–H groups in total. The van der Waals surface area contributed by atoms with E-state index in [4.69, 9.17) is 24.1 Å². The summed E-state index contributed by atoms with van der Waals surface area (Å²) in [6.45, 7) is 0. The summed E-state index contributed by atoms with van der Waals surface area (Å²) < 4.78 is 8.19. The van der Waals surface area contributed by atoms with E-state index in [-0.39, 0.29) is 46.2 Å². The number of hydrogen-bond donors (Lipinski definition) is 4. The van der Waals surface area contributed by atoms with Crippen LogP contribution in [-0.2, 0) is 21.0 Å². The Bertz CT molecular complexity index is 607. The van der Waals surface area contributed by atoms with Crippen molar-refractivity contribution >= 4 is 11.9 Å². The third-order valence-electron chi connectivity index (χ3n) is 1.98. The Labute approximate surface area is 156 Å². The third-order valence-corrected chi connectivity index (χ3v) is 1.98. The molecule has 0 aromatic carbocycles. The van der Waals surface area contributed by atoms with Crippen molar-refractivity contribution < 1.29 is 74.4 Å². The molecule has 0 bridgehead atoms. The van der Waals surface area contributed by atoms with E-state index in [1.165, 1.54) is 36.7 Å². The monoisotopic (exact) mass is 418 g/mol. The van der Waals surface area contributed by atoms with Crippen molar-refractivity contribution in [3.8, 4) is 11.5 Å². The predicted molar refractivity (Wildman–Crippen MR) is 82.0 cm³/mol. The summed E-state index contributed by atoms with van der Waals surface area (Å²) in [5.41, 5.74) is -0.634. The minimum atomic E-state index is -1.22. The van der Waals surface area contributed by atoms with E-state index in [0.29, 0.717) is 0 Å². The van der Waals surface area contributed by atoms with E-state index in [0.717, 1.165) is 17.4 Å². The molecular formula is C12H19N2O11V-. The van der Waals surface area contributed by atoms with Crippen LogP contribution in [0.4, 0.5) is 0 Å². The van der Waals surface area contributed by atoms with Crippen LogP contribution in [0.15, 0.2) is 36.7 Å². The molecule has 14 heteroatoms. The molecular weight excluding hydrogens is 399 g/mol. The summed E-state index contributed by atoms with van der Waals surface area (Å²) in [7, 11) is 0. The fraction of sp³-hybridized carbons (Fsp3) is 0. The fourth-order valence-electron chi connectivity index (χ4n) is 1.12. The molecule has 13 nitrogen and oxygen atoms in total. The van der Waals surface area contributed by atoms with Gasteiger partial charge in [0.1, 0.15) is 11.5 Å². The summed E-state index contributed by atoms with van der Waals surface area (Å²) in [5.74, 6) is -3.07. The van der Waals surface area contributed by atoms with Crippen LogP contribution in [0.2, 0.25) is 0 Å². The molecule has 0 aliphatic carbocycles. The molecule has 26 heavy (non-hydrogen) atoms. The molecule has 0 saturated carbocycles. The molecule has 0 aliphatic rings. The zero-order valence-electron chi connectivity index (χ0n) is 13.8. The molecule has 2 rings (SSSR count). The summed E-state index contributed by atoms with van der Waals surface area (Å²) in [5, 5.41) is 34.4. The van der Waals surface area contributed by atoms with Gasteiger partial charge in [-0.25, -0.2) is 19.6 Å². The first-order chi connectivity index (χ1) is 10.4. The van der Waals surface area contributed by atoms with Gasteiger partial charge in [-0.3, -0.25) is 0 Å². The SMILES string of the molecule is O.O.O.O.O=C(O)c1ncccc1O.O=C(O)c1ncccc1O.[H-].[O]=[V]. The zero-order chi connectivity index (χ0) is 17.1. The van der Waals surface area contributed by atoms with Crippen LogP contribution < -0.4 is 0 Å². The molecule has 0 unspecified atom stereocenters. The van der Waals surface area contributed by atoms with Gasteiger partial charge in [0.25, 0.3) is 0 Å². The van der Waals surface area contributed by atoms with Crippen molar-refractivity contribution in [2.45, 2.75) is 0 Å². The number of rotatable bonds is 2. The van der Waals surface area contributed by atoms with Gasteiger partial charge in [0.15, 0.2) is 11.4 Å². The number of aromatic nitrogens is 2. The molecule has 149 valence electrons. The summed E-state index contributed by atoms with van der Waals surface area (Å²) in [4.78, 5) is 27.3. The Hall–Kier alpha value is -2.94. The van der Waals surface area contributed by atoms with Crippen LogP contribution in [0.1, 0.15) is 22.4 Å². The standard InChI is InChI=1S/2C6H5NO3.4H2O.O.V.H/c2*8-4-2-1-3-7-5(4)6(9)10;;;;;;;/h2*1-3,8H,(H,9,10);4*1H2;;;/q;;;;;;;;-1. The Kier molecular flexibility index (Phi) is 24.4. The van der Waals surface area contributed by atoms with E-state index in [1.54, 1.807) is 0 Å². The second-order valence-electron chi connectivity index (χ2n) is 3.35. The molecule has 0 spiro atoms. The summed E-state index contributed by atoms with van der Waals surface area (Å²) >= 11 is 1.06. The molecule has 2 aromatic heterocycles. The second kappa shape index (κ2) is 18.4. The van der Waals surface area contributed by atoms with Crippen LogP contribution in [0.25, 0.3) is 0 Å². The van der Waals surface area contributed by atoms with Crippen molar-refractivity contribution in [1.29, 1.82) is 0 Å². The van der Waals surface area contributed by atoms with Crippen LogP contribution in [0.3, 0.4) is 0 Å². The number of pyridine rings is 2. The number of carboxylic acid groups (broad SMARTS) is 2. The van der Waals surface area contributed by atoms with E-state index in [1.807, 2.05) is 0 Å². The number of nitrogens with zero attached hydrogens (tertiary/aromatic N) is 2. The third kappa shape index (κ3) is 11.6. The summed E-state index contributed by atoms with van der Waals surface area (Å²) in [6, 6.07) is 5.47. The van der Waals surface area contributed by atoms with Gasteiger partial charge in [-0.1, -0.05) is 0 Å². The molecule has 0 amide bonds. The number of aromatic hydroxyl groups is 2. The quantitative estimate of drug-likeness (QED) is 0.405. The first-order valence-electron chi connectivity index (χ1n) is 5.36. The van der Waals surface area contributed by atoms with E-state index in [9.17, 15) is 9.59 Å². The van der Waals surface area contributed by atoms with Gasteiger partial charge in [0, 0.05) is 12.4 Å². The van der Waals surface area contributed by atoms with E-state index >= 15 is 0 Å². The zero-order valence-corrected chi connectivity index (χ0v) is 14.2. The Balaban J connectivity index is -0.0000000639. The fourth-order valence-corrected chi connectivity index (χ4v) is 1.12. The van der Waals surface area contributed by atoms with Crippen LogP contribution in [-0.4, -0.2) is 64.2 Å². The average Bonchev–Trinajstić information content (AvgIpc) is 2.50. The Morgan fingerprint density at radius 1 is 0.769 bits per heavy atom. The van der Waals surface area contributed by atoms with Gasteiger partial charge in [-0.05, 0) is 24.3 Å². The Morgan fingerprint density at radius 2 is 1.04 bits per heavy atom. The van der Waals surface area contributed by atoms with Crippen LogP contribution in [0, 0.1) is 0 Å². The van der Waals surface area contributed by atoms with Crippen molar-refractivity contribution in [1.82, 2.24) is 9.97 Å². The maximum absolute atomic E-state index is 10.2. The number of carbonyl (C=O) groups is 2. The van der Waals surface area contributed by atoms with Crippen molar-refractivity contribution in [2.24, 2.45) is 0 Å². The van der Waals surface area contributed by atoms with Gasteiger partial charge in [-0.15, -0.1) is 0 Å². The average molecular weight is 418 g/mol.